The lowest BCUT2D eigenvalue weighted by atomic mass is 10.0. The largest absolute Gasteiger partial charge is 0.417 e. The Kier molecular flexibility index (Phi) is 3.16. The number of halogens is 3. The molecule has 1 N–H and O–H groups in total. The molecule has 1 saturated heterocycles. The van der Waals surface area contributed by atoms with Gasteiger partial charge in [0.25, 0.3) is 0 Å². The lowest BCUT2D eigenvalue weighted by Crippen LogP contribution is -2.34. The molecular weight excluding hydrogens is 219 g/mol. The molecule has 0 aliphatic carbocycles. The van der Waals surface area contributed by atoms with Gasteiger partial charge in [0, 0.05) is 13.1 Å². The summed E-state index contributed by atoms with van der Waals surface area (Å²) in [5.74, 6) is 0. The van der Waals surface area contributed by atoms with Gasteiger partial charge in [-0.25, -0.2) is 0 Å². The molecule has 0 saturated carbocycles. The normalized spacial score (nSPS) is 22.1. The molecule has 1 atom stereocenters. The van der Waals surface area contributed by atoms with Gasteiger partial charge < -0.3 is 10.1 Å². The number of morpholine rings is 1. The third kappa shape index (κ3) is 2.36. The van der Waals surface area contributed by atoms with E-state index in [2.05, 4.69) is 11.4 Å². The van der Waals surface area contributed by atoms with E-state index >= 15 is 0 Å². The minimum atomic E-state index is -4.38. The van der Waals surface area contributed by atoms with Gasteiger partial charge >= 0.3 is 6.18 Å². The first kappa shape index (κ1) is 11.4. The minimum absolute atomic E-state index is 0.155. The number of benzene rings is 1. The van der Waals surface area contributed by atoms with E-state index in [1.54, 1.807) is 6.07 Å². The zero-order valence-corrected chi connectivity index (χ0v) is 8.47. The summed E-state index contributed by atoms with van der Waals surface area (Å²) in [7, 11) is 0. The van der Waals surface area contributed by atoms with E-state index in [0.29, 0.717) is 19.7 Å². The van der Waals surface area contributed by atoms with Gasteiger partial charge in [0.1, 0.15) is 0 Å². The van der Waals surface area contributed by atoms with E-state index in [4.69, 9.17) is 4.74 Å². The average Bonchev–Trinajstić information content (AvgIpc) is 2.29. The summed E-state index contributed by atoms with van der Waals surface area (Å²) < 4.78 is 43.4. The standard InChI is InChI=1S/C11H11F3NO/c12-11(13,14)9-4-2-1-3-8(9)10-7-15-5-6-16-10/h1-3,10,15H,5-7H2. The number of rotatable bonds is 1. The minimum Gasteiger partial charge on any atom is -0.371 e. The fraction of sp³-hybridized carbons (Fsp3) is 0.455. The predicted octanol–water partition coefficient (Wildman–Crippen LogP) is 2.17. The van der Waals surface area contributed by atoms with Crippen LogP contribution in [0.2, 0.25) is 0 Å². The number of ether oxygens (including phenoxy) is 1. The molecule has 1 aromatic carbocycles. The molecule has 5 heteroatoms. The van der Waals surface area contributed by atoms with Crippen LogP contribution >= 0.6 is 0 Å². The van der Waals surface area contributed by atoms with Crippen molar-refractivity contribution in [2.24, 2.45) is 0 Å². The average molecular weight is 230 g/mol. The Morgan fingerprint density at radius 1 is 1.44 bits per heavy atom. The van der Waals surface area contributed by atoms with Crippen molar-refractivity contribution in [2.75, 3.05) is 19.7 Å². The molecule has 87 valence electrons. The first-order valence-corrected chi connectivity index (χ1v) is 4.99. The number of hydrogen-bond donors (Lipinski definition) is 1. The molecule has 1 heterocycles. The van der Waals surface area contributed by atoms with E-state index in [1.165, 1.54) is 12.1 Å². The van der Waals surface area contributed by atoms with Crippen LogP contribution in [0.15, 0.2) is 18.2 Å². The quantitative estimate of drug-likeness (QED) is 0.798. The van der Waals surface area contributed by atoms with E-state index in [-0.39, 0.29) is 5.56 Å². The topological polar surface area (TPSA) is 21.3 Å². The lowest BCUT2D eigenvalue weighted by Gasteiger charge is -2.26. The molecule has 2 nitrogen and oxygen atoms in total. The number of nitrogens with one attached hydrogen (secondary N) is 1. The first-order valence-electron chi connectivity index (χ1n) is 4.99. The molecule has 16 heavy (non-hydrogen) atoms. The van der Waals surface area contributed by atoms with Gasteiger partial charge in [0.05, 0.1) is 18.3 Å². The maximum atomic E-state index is 12.7. The molecule has 1 radical (unpaired) electrons. The van der Waals surface area contributed by atoms with Gasteiger partial charge in [-0.1, -0.05) is 18.2 Å². The maximum Gasteiger partial charge on any atom is 0.417 e. The highest BCUT2D eigenvalue weighted by molar-refractivity contribution is 5.31. The highest BCUT2D eigenvalue weighted by Crippen LogP contribution is 2.35. The molecule has 1 unspecified atom stereocenters. The molecule has 1 aliphatic heterocycles. The van der Waals surface area contributed by atoms with Crippen LogP contribution in [0, 0.1) is 6.07 Å². The Bertz CT molecular complexity index is 358. The summed E-state index contributed by atoms with van der Waals surface area (Å²) in [6.45, 7) is 1.51. The second-order valence-corrected chi connectivity index (χ2v) is 3.56. The molecule has 0 spiro atoms. The molecule has 0 bridgehead atoms. The molecule has 0 aromatic heterocycles. The van der Waals surface area contributed by atoms with Gasteiger partial charge in [-0.3, -0.25) is 0 Å². The molecule has 0 amide bonds. The van der Waals surface area contributed by atoms with Crippen molar-refractivity contribution in [2.45, 2.75) is 12.3 Å². The molecule has 1 fully saturated rings. The van der Waals surface area contributed by atoms with Gasteiger partial charge in [-0.15, -0.1) is 0 Å². The van der Waals surface area contributed by atoms with Crippen LogP contribution < -0.4 is 5.32 Å². The Morgan fingerprint density at radius 3 is 2.88 bits per heavy atom. The van der Waals surface area contributed by atoms with Crippen molar-refractivity contribution >= 4 is 0 Å². The summed E-state index contributed by atoms with van der Waals surface area (Å²) >= 11 is 0. The molecule has 2 rings (SSSR count). The third-order valence-corrected chi connectivity index (χ3v) is 2.45. The van der Waals surface area contributed by atoms with E-state index in [0.717, 1.165) is 0 Å². The van der Waals surface area contributed by atoms with Crippen molar-refractivity contribution in [3.05, 3.63) is 35.4 Å². The Hall–Kier alpha value is -1.07. The molecule has 1 aliphatic rings. The van der Waals surface area contributed by atoms with Gasteiger partial charge in [-0.2, -0.15) is 13.2 Å². The van der Waals surface area contributed by atoms with E-state index < -0.39 is 17.8 Å². The Morgan fingerprint density at radius 2 is 2.25 bits per heavy atom. The summed E-state index contributed by atoms with van der Waals surface area (Å²) in [6, 6.07) is 6.49. The zero-order valence-electron chi connectivity index (χ0n) is 8.47. The van der Waals surface area contributed by atoms with Crippen LogP contribution in [0.5, 0.6) is 0 Å². The fourth-order valence-electron chi connectivity index (χ4n) is 1.73. The van der Waals surface area contributed by atoms with Crippen molar-refractivity contribution in [3.8, 4) is 0 Å². The van der Waals surface area contributed by atoms with Crippen molar-refractivity contribution in [1.29, 1.82) is 0 Å². The fourth-order valence-corrected chi connectivity index (χ4v) is 1.73. The smallest absolute Gasteiger partial charge is 0.371 e. The number of hydrogen-bond acceptors (Lipinski definition) is 2. The summed E-state index contributed by atoms with van der Waals surface area (Å²) in [6.07, 6.45) is -4.92. The van der Waals surface area contributed by atoms with Crippen LogP contribution in [-0.2, 0) is 10.9 Å². The summed E-state index contributed by atoms with van der Waals surface area (Å²) in [5, 5.41) is 3.01. The van der Waals surface area contributed by atoms with Gasteiger partial charge in [0.15, 0.2) is 0 Å². The van der Waals surface area contributed by atoms with Gasteiger partial charge in [0.2, 0.25) is 0 Å². The molecular formula is C11H11F3NO. The summed E-state index contributed by atoms with van der Waals surface area (Å²) in [5.41, 5.74) is -0.578. The molecule has 1 aromatic rings. The second-order valence-electron chi connectivity index (χ2n) is 3.56. The highest BCUT2D eigenvalue weighted by Gasteiger charge is 2.35. The Balaban J connectivity index is 2.32. The number of alkyl halides is 3. The van der Waals surface area contributed by atoms with Crippen LogP contribution in [0.4, 0.5) is 13.2 Å². The van der Waals surface area contributed by atoms with Gasteiger partial charge in [-0.05, 0) is 11.6 Å². The van der Waals surface area contributed by atoms with Crippen LogP contribution in [-0.4, -0.2) is 19.7 Å². The second kappa shape index (κ2) is 4.43. The van der Waals surface area contributed by atoms with Crippen molar-refractivity contribution in [3.63, 3.8) is 0 Å². The maximum absolute atomic E-state index is 12.7. The predicted molar refractivity (Wildman–Crippen MR) is 51.8 cm³/mol. The van der Waals surface area contributed by atoms with Crippen LogP contribution in [0.1, 0.15) is 17.2 Å². The van der Waals surface area contributed by atoms with Crippen LogP contribution in [0.25, 0.3) is 0 Å². The SMILES string of the molecule is FC(F)(F)c1[c]cccc1C1CNCCO1. The van der Waals surface area contributed by atoms with Crippen molar-refractivity contribution < 1.29 is 17.9 Å². The van der Waals surface area contributed by atoms with Crippen LogP contribution in [0.3, 0.4) is 0 Å². The first-order chi connectivity index (χ1) is 7.59. The zero-order chi connectivity index (χ0) is 11.6. The highest BCUT2D eigenvalue weighted by atomic mass is 19.4. The third-order valence-electron chi connectivity index (χ3n) is 2.45. The summed E-state index contributed by atoms with van der Waals surface area (Å²) in [4.78, 5) is 0. The lowest BCUT2D eigenvalue weighted by molar-refractivity contribution is -0.140. The van der Waals surface area contributed by atoms with E-state index in [9.17, 15) is 13.2 Å². The van der Waals surface area contributed by atoms with Crippen molar-refractivity contribution in [1.82, 2.24) is 5.32 Å². The Labute approximate surface area is 91.4 Å². The monoisotopic (exact) mass is 230 g/mol. The van der Waals surface area contributed by atoms with E-state index in [1.807, 2.05) is 0 Å².